The second-order valence-corrected chi connectivity index (χ2v) is 5.21. The maximum Gasteiger partial charge on any atom is 0.303 e. The fourth-order valence-electron chi connectivity index (χ4n) is 1.71. The first-order valence-corrected chi connectivity index (χ1v) is 7.88. The van der Waals surface area contributed by atoms with Crippen LogP contribution in [0.4, 0.5) is 0 Å². The van der Waals surface area contributed by atoms with Crippen LogP contribution in [0.5, 0.6) is 0 Å². The lowest BCUT2D eigenvalue weighted by Gasteiger charge is -2.02. The zero-order chi connectivity index (χ0) is 18.2. The summed E-state index contributed by atoms with van der Waals surface area (Å²) in [5.74, 6) is -1.71. The molecule has 0 rings (SSSR count). The SMILES string of the molecule is O=C(O)CCC=CC[C@@H](O)/C=C/C=CC=C[C@@H](O)CCCC(=O)O. The highest BCUT2D eigenvalue weighted by molar-refractivity contribution is 5.67. The first-order chi connectivity index (χ1) is 11.4. The van der Waals surface area contributed by atoms with Gasteiger partial charge in [0.25, 0.3) is 0 Å². The Morgan fingerprint density at radius 2 is 1.38 bits per heavy atom. The van der Waals surface area contributed by atoms with Gasteiger partial charge in [-0.2, -0.15) is 0 Å². The summed E-state index contributed by atoms with van der Waals surface area (Å²) < 4.78 is 0. The van der Waals surface area contributed by atoms with E-state index in [-0.39, 0.29) is 12.8 Å². The molecular weight excluding hydrogens is 312 g/mol. The van der Waals surface area contributed by atoms with Gasteiger partial charge in [-0.3, -0.25) is 9.59 Å². The third kappa shape index (κ3) is 16.2. The van der Waals surface area contributed by atoms with Crippen LogP contribution < -0.4 is 0 Å². The van der Waals surface area contributed by atoms with E-state index in [1.54, 1.807) is 48.6 Å². The van der Waals surface area contributed by atoms with Crippen LogP contribution in [0.25, 0.3) is 0 Å². The van der Waals surface area contributed by atoms with E-state index in [1.807, 2.05) is 0 Å². The van der Waals surface area contributed by atoms with Gasteiger partial charge in [0.1, 0.15) is 0 Å². The first-order valence-electron chi connectivity index (χ1n) is 7.88. The molecule has 0 fully saturated rings. The second kappa shape index (κ2) is 14.4. The van der Waals surface area contributed by atoms with E-state index < -0.39 is 24.1 Å². The molecule has 2 atom stereocenters. The standard InChI is InChI=1S/C18H26O6/c19-15(11-6-3-7-13-17(21)22)9-4-1-2-5-10-16(20)12-8-14-18(23)24/h1-6,9-10,15-16,19-20H,7-8,11-14H2,(H,21,22)(H,23,24)/b2-1?,6-3?,9-4+,10-5?/t15-,16+/m0/s1. The summed E-state index contributed by atoms with van der Waals surface area (Å²) in [6, 6.07) is 0. The van der Waals surface area contributed by atoms with Gasteiger partial charge in [0.05, 0.1) is 12.2 Å². The number of carboxylic acids is 2. The number of aliphatic hydroxyl groups excluding tert-OH is 2. The van der Waals surface area contributed by atoms with E-state index in [9.17, 15) is 19.8 Å². The highest BCUT2D eigenvalue weighted by Gasteiger charge is 2.01. The minimum Gasteiger partial charge on any atom is -0.481 e. The molecule has 0 aliphatic rings. The molecule has 0 amide bonds. The Labute approximate surface area is 142 Å². The third-order valence-corrected chi connectivity index (χ3v) is 2.96. The van der Waals surface area contributed by atoms with Crippen molar-refractivity contribution in [2.24, 2.45) is 0 Å². The first kappa shape index (κ1) is 21.8. The number of carboxylic acid groups (broad SMARTS) is 2. The highest BCUT2D eigenvalue weighted by atomic mass is 16.4. The van der Waals surface area contributed by atoms with Gasteiger partial charge in [-0.05, 0) is 25.7 Å². The van der Waals surface area contributed by atoms with Gasteiger partial charge < -0.3 is 20.4 Å². The molecule has 0 spiro atoms. The molecule has 4 N–H and O–H groups in total. The smallest absolute Gasteiger partial charge is 0.303 e. The summed E-state index contributed by atoms with van der Waals surface area (Å²) in [6.45, 7) is 0. The predicted molar refractivity (Wildman–Crippen MR) is 91.5 cm³/mol. The van der Waals surface area contributed by atoms with Gasteiger partial charge in [-0.25, -0.2) is 0 Å². The van der Waals surface area contributed by atoms with Gasteiger partial charge in [0.15, 0.2) is 0 Å². The Hall–Kier alpha value is -2.18. The molecule has 0 aromatic carbocycles. The normalized spacial score (nSPS) is 14.9. The maximum atomic E-state index is 10.3. The van der Waals surface area contributed by atoms with Crippen molar-refractivity contribution in [2.45, 2.75) is 50.7 Å². The van der Waals surface area contributed by atoms with Crippen LogP contribution in [-0.4, -0.2) is 44.6 Å². The molecule has 0 aliphatic carbocycles. The van der Waals surface area contributed by atoms with Crippen LogP contribution in [0.2, 0.25) is 0 Å². The molecule has 0 aromatic heterocycles. The number of aliphatic hydroxyl groups is 2. The summed E-state index contributed by atoms with van der Waals surface area (Å²) in [7, 11) is 0. The Morgan fingerprint density at radius 1 is 0.792 bits per heavy atom. The van der Waals surface area contributed by atoms with E-state index in [0.717, 1.165) is 0 Å². The lowest BCUT2D eigenvalue weighted by atomic mass is 10.1. The molecule has 6 nitrogen and oxygen atoms in total. The van der Waals surface area contributed by atoms with Crippen LogP contribution in [0.15, 0.2) is 48.6 Å². The summed E-state index contributed by atoms with van der Waals surface area (Å²) in [6.07, 6.45) is 13.9. The summed E-state index contributed by atoms with van der Waals surface area (Å²) in [4.78, 5) is 20.6. The van der Waals surface area contributed by atoms with Crippen LogP contribution >= 0.6 is 0 Å². The minimum atomic E-state index is -0.869. The van der Waals surface area contributed by atoms with Crippen LogP contribution in [0, 0.1) is 0 Å². The largest absolute Gasteiger partial charge is 0.481 e. The van der Waals surface area contributed by atoms with E-state index in [4.69, 9.17) is 10.2 Å². The maximum absolute atomic E-state index is 10.3. The molecule has 0 heterocycles. The van der Waals surface area contributed by atoms with Crippen molar-refractivity contribution >= 4 is 11.9 Å². The van der Waals surface area contributed by atoms with Gasteiger partial charge in [0.2, 0.25) is 0 Å². The lowest BCUT2D eigenvalue weighted by molar-refractivity contribution is -0.138. The molecule has 0 radical (unpaired) electrons. The molecule has 6 heteroatoms. The number of hydrogen-bond donors (Lipinski definition) is 4. The zero-order valence-electron chi connectivity index (χ0n) is 13.6. The molecule has 134 valence electrons. The van der Waals surface area contributed by atoms with Crippen molar-refractivity contribution in [3.63, 3.8) is 0 Å². The molecule has 0 aromatic rings. The Balaban J connectivity index is 3.87. The fraction of sp³-hybridized carbons (Fsp3) is 0.444. The Morgan fingerprint density at radius 3 is 1.96 bits per heavy atom. The van der Waals surface area contributed by atoms with Crippen molar-refractivity contribution in [3.05, 3.63) is 48.6 Å². The van der Waals surface area contributed by atoms with Crippen LogP contribution in [0.3, 0.4) is 0 Å². The lowest BCUT2D eigenvalue weighted by Crippen LogP contribution is -2.03. The van der Waals surface area contributed by atoms with Crippen LogP contribution in [-0.2, 0) is 9.59 Å². The van der Waals surface area contributed by atoms with Crippen molar-refractivity contribution in [3.8, 4) is 0 Å². The zero-order valence-corrected chi connectivity index (χ0v) is 13.6. The number of allylic oxidation sites excluding steroid dienone is 5. The molecule has 0 saturated heterocycles. The summed E-state index contributed by atoms with van der Waals surface area (Å²) in [5, 5.41) is 36.2. The molecule has 0 saturated carbocycles. The summed E-state index contributed by atoms with van der Waals surface area (Å²) >= 11 is 0. The molecule has 0 unspecified atom stereocenters. The van der Waals surface area contributed by atoms with Gasteiger partial charge in [-0.1, -0.05) is 48.6 Å². The Kier molecular flexibility index (Phi) is 13.1. The molecular formula is C18H26O6. The number of aliphatic carboxylic acids is 2. The Bertz CT molecular complexity index is 476. The van der Waals surface area contributed by atoms with E-state index in [2.05, 4.69) is 0 Å². The van der Waals surface area contributed by atoms with Crippen molar-refractivity contribution < 1.29 is 30.0 Å². The molecule has 0 bridgehead atoms. The average molecular weight is 338 g/mol. The molecule has 0 aliphatic heterocycles. The summed E-state index contributed by atoms with van der Waals surface area (Å²) in [5.41, 5.74) is 0. The van der Waals surface area contributed by atoms with Crippen molar-refractivity contribution in [2.75, 3.05) is 0 Å². The van der Waals surface area contributed by atoms with Crippen LogP contribution in [0.1, 0.15) is 38.5 Å². The van der Waals surface area contributed by atoms with E-state index >= 15 is 0 Å². The van der Waals surface area contributed by atoms with Gasteiger partial charge in [-0.15, -0.1) is 0 Å². The van der Waals surface area contributed by atoms with Crippen molar-refractivity contribution in [1.82, 2.24) is 0 Å². The third-order valence-electron chi connectivity index (χ3n) is 2.96. The quantitative estimate of drug-likeness (QED) is 0.303. The van der Waals surface area contributed by atoms with E-state index in [1.165, 1.54) is 0 Å². The monoisotopic (exact) mass is 338 g/mol. The number of carbonyl (C=O) groups is 2. The van der Waals surface area contributed by atoms with Crippen molar-refractivity contribution in [1.29, 1.82) is 0 Å². The van der Waals surface area contributed by atoms with Gasteiger partial charge >= 0.3 is 11.9 Å². The molecule has 24 heavy (non-hydrogen) atoms. The minimum absolute atomic E-state index is 0.0477. The predicted octanol–water partition coefficient (Wildman–Crippen LogP) is 2.44. The fourth-order valence-corrected chi connectivity index (χ4v) is 1.71. The number of hydrogen-bond acceptors (Lipinski definition) is 4. The van der Waals surface area contributed by atoms with E-state index in [0.29, 0.717) is 25.7 Å². The second-order valence-electron chi connectivity index (χ2n) is 5.21. The topological polar surface area (TPSA) is 115 Å². The highest BCUT2D eigenvalue weighted by Crippen LogP contribution is 2.02. The average Bonchev–Trinajstić information content (AvgIpc) is 2.49. The number of rotatable bonds is 13. The van der Waals surface area contributed by atoms with Gasteiger partial charge in [0, 0.05) is 12.8 Å².